The van der Waals surface area contributed by atoms with Crippen LogP contribution in [0.3, 0.4) is 0 Å². The Morgan fingerprint density at radius 3 is 1.41 bits per heavy atom. The van der Waals surface area contributed by atoms with Crippen LogP contribution in [-0.2, 0) is 0 Å². The third-order valence-corrected chi connectivity index (χ3v) is 10.2. The Morgan fingerprint density at radius 1 is 0.463 bits per heavy atom. The van der Waals surface area contributed by atoms with Crippen molar-refractivity contribution in [2.24, 2.45) is 4.99 Å². The molecule has 260 valence electrons. The Balaban J connectivity index is 0.00000225. The summed E-state index contributed by atoms with van der Waals surface area (Å²) in [6.45, 7) is 8.49. The monoisotopic (exact) mass is 820 g/mol. The van der Waals surface area contributed by atoms with Crippen LogP contribution in [0.15, 0.2) is 156 Å². The van der Waals surface area contributed by atoms with E-state index >= 15 is 0 Å². The predicted molar refractivity (Wildman–Crippen MR) is 218 cm³/mol. The van der Waals surface area contributed by atoms with E-state index in [1.54, 1.807) is 0 Å². The summed E-state index contributed by atoms with van der Waals surface area (Å²) in [6, 6.07) is 47.9. The number of nitrogens with one attached hydrogen (secondary N) is 1. The third kappa shape index (κ3) is 6.95. The van der Waals surface area contributed by atoms with Gasteiger partial charge in [-0.3, -0.25) is 0 Å². The Bertz CT molecular complexity index is 2680. The van der Waals surface area contributed by atoms with Crippen molar-refractivity contribution in [1.29, 1.82) is 0 Å². The molecule has 5 heterocycles. The van der Waals surface area contributed by atoms with Crippen molar-refractivity contribution in [3.05, 3.63) is 229 Å². The van der Waals surface area contributed by atoms with Crippen molar-refractivity contribution in [2.75, 3.05) is 0 Å². The number of allylic oxidation sites excluding steroid dienone is 2. The first-order chi connectivity index (χ1) is 25.4. The fraction of sp³-hybridized carbons (Fsp3) is 0.104. The average molecular weight is 821 g/mol. The van der Waals surface area contributed by atoms with Gasteiger partial charge in [-0.15, -0.1) is 22.8 Å². The van der Waals surface area contributed by atoms with Crippen LogP contribution in [0.1, 0.15) is 73.2 Å². The summed E-state index contributed by atoms with van der Waals surface area (Å²) >= 11 is 0. The molecular weight excluding hydrogens is 783 g/mol. The van der Waals surface area contributed by atoms with E-state index in [4.69, 9.17) is 15.0 Å². The number of aryl methyl sites for hydroxylation is 4. The molecule has 9 rings (SSSR count). The molecule has 1 N–H and O–H groups in total. The fourth-order valence-corrected chi connectivity index (χ4v) is 7.41. The minimum Gasteiger partial charge on any atom is -1.00 e. The van der Waals surface area contributed by atoms with Crippen molar-refractivity contribution in [1.82, 2.24) is 15.0 Å². The summed E-state index contributed by atoms with van der Waals surface area (Å²) in [5.41, 5.74) is 17.9. The van der Waals surface area contributed by atoms with Crippen molar-refractivity contribution >= 4 is 48.3 Å². The molecule has 0 fully saturated rings. The number of hydrogen-bond donors (Lipinski definition) is 1. The maximum Gasteiger partial charge on any atom is 3.00 e. The predicted octanol–water partition coefficient (Wildman–Crippen LogP) is 5.20. The van der Waals surface area contributed by atoms with Crippen molar-refractivity contribution < 1.29 is 12.4 Å². The zero-order valence-electron chi connectivity index (χ0n) is 30.7. The number of halogens is 1. The maximum atomic E-state index is 5.43. The Hall–Kier alpha value is -5.23. The van der Waals surface area contributed by atoms with E-state index in [9.17, 15) is 0 Å². The molecule has 0 spiro atoms. The summed E-state index contributed by atoms with van der Waals surface area (Å²) in [6.07, 6.45) is 4.28. The Morgan fingerprint density at radius 2 is 0.889 bits per heavy atom. The van der Waals surface area contributed by atoms with Gasteiger partial charge in [0.25, 0.3) is 0 Å². The first kappa shape index (κ1) is 37.1. The molecule has 8 bridgehead atoms. The van der Waals surface area contributed by atoms with Crippen LogP contribution in [0, 0.1) is 27.7 Å². The van der Waals surface area contributed by atoms with E-state index in [0.717, 1.165) is 83.9 Å². The number of rotatable bonds is 4. The number of hydrogen-bond acceptors (Lipinski definition) is 1. The molecular formula is C48H38ClInN4. The van der Waals surface area contributed by atoms with Crippen LogP contribution in [0.25, 0.3) is 16.7 Å². The van der Waals surface area contributed by atoms with E-state index in [2.05, 4.69) is 178 Å². The standard InChI is InChI=1S/C48H38N4.ClH.In/c1-29-5-13-33(14-6-29)45-37-21-23-39(49-37)46(34-15-7-30(2)8-16-34)41-25-27-43(51-41)48(36-19-11-32(4)12-20-36)44-28-26-42(52-44)47(40-24-22-38(45)50-40)35-17-9-31(3)10-18-35;;/h5-28,45,51H,1-4H3;1H;/q-2;;+3/p-1. The largest absolute Gasteiger partial charge is 3.00 e. The molecule has 2 aliphatic heterocycles. The zero-order chi connectivity index (χ0) is 35.3. The van der Waals surface area contributed by atoms with Gasteiger partial charge in [-0.25, -0.2) is 4.99 Å². The third-order valence-electron chi connectivity index (χ3n) is 10.2. The molecule has 54 heavy (non-hydrogen) atoms. The van der Waals surface area contributed by atoms with Crippen LogP contribution in [0.4, 0.5) is 0 Å². The molecule has 7 aromatic rings. The molecule has 3 aromatic heterocycles. The minimum absolute atomic E-state index is 0. The summed E-state index contributed by atoms with van der Waals surface area (Å²) < 4.78 is 0. The van der Waals surface area contributed by atoms with E-state index < -0.39 is 0 Å². The van der Waals surface area contributed by atoms with Crippen LogP contribution in [-0.4, -0.2) is 36.5 Å². The van der Waals surface area contributed by atoms with Gasteiger partial charge in [-0.2, -0.15) is 0 Å². The topological polar surface area (TPSA) is 56.4 Å². The first-order valence-electron chi connectivity index (χ1n) is 17.9. The second kappa shape index (κ2) is 15.3. The number of benzene rings is 4. The summed E-state index contributed by atoms with van der Waals surface area (Å²) in [4.78, 5) is 20.1. The van der Waals surface area contributed by atoms with E-state index in [1.165, 1.54) is 22.3 Å². The molecule has 6 heteroatoms. The van der Waals surface area contributed by atoms with Crippen molar-refractivity contribution in [3.63, 3.8) is 0 Å². The number of aromatic nitrogens is 3. The second-order valence-electron chi connectivity index (χ2n) is 14.1. The molecule has 0 radical (unpaired) electrons. The molecule has 0 aliphatic carbocycles. The van der Waals surface area contributed by atoms with E-state index in [0.29, 0.717) is 0 Å². The summed E-state index contributed by atoms with van der Waals surface area (Å²) in [5, 5.41) is 2.00. The van der Waals surface area contributed by atoms with Crippen LogP contribution in [0.2, 0.25) is 0 Å². The van der Waals surface area contributed by atoms with Gasteiger partial charge in [0.15, 0.2) is 0 Å². The van der Waals surface area contributed by atoms with Gasteiger partial charge in [-0.1, -0.05) is 144 Å². The molecule has 0 saturated heterocycles. The molecule has 1 atom stereocenters. The van der Waals surface area contributed by atoms with Crippen molar-refractivity contribution in [2.45, 2.75) is 33.6 Å². The van der Waals surface area contributed by atoms with Crippen molar-refractivity contribution in [3.8, 4) is 0 Å². The fourth-order valence-electron chi connectivity index (χ4n) is 7.41. The van der Waals surface area contributed by atoms with Gasteiger partial charge in [0.1, 0.15) is 0 Å². The van der Waals surface area contributed by atoms with Gasteiger partial charge in [-0.05, 0) is 91.3 Å². The van der Waals surface area contributed by atoms with Gasteiger partial charge in [0, 0.05) is 16.3 Å². The first-order valence-corrected chi connectivity index (χ1v) is 17.9. The number of nitrogens with zero attached hydrogens (tertiary/aromatic N) is 3. The summed E-state index contributed by atoms with van der Waals surface area (Å²) in [5.74, 6) is -0.154. The van der Waals surface area contributed by atoms with Crippen LogP contribution < -0.4 is 33.1 Å². The molecule has 1 unspecified atom stereocenters. The normalized spacial score (nSPS) is 14.8. The molecule has 2 aliphatic rings. The Labute approximate surface area is 341 Å². The van der Waals surface area contributed by atoms with Gasteiger partial charge in [0.05, 0.1) is 11.4 Å². The molecule has 4 aromatic carbocycles. The molecule has 4 nitrogen and oxygen atoms in total. The average Bonchev–Trinajstić information content (AvgIpc) is 3.99. The maximum absolute atomic E-state index is 5.43. The second-order valence-corrected chi connectivity index (χ2v) is 14.1. The van der Waals surface area contributed by atoms with Gasteiger partial charge >= 0.3 is 25.8 Å². The number of aromatic amines is 1. The number of aliphatic imine (C=N–C) groups is 1. The van der Waals surface area contributed by atoms with Gasteiger partial charge < -0.3 is 27.4 Å². The quantitative estimate of drug-likeness (QED) is 0.266. The molecule has 0 amide bonds. The van der Waals surface area contributed by atoms with Crippen LogP contribution in [0.5, 0.6) is 0 Å². The van der Waals surface area contributed by atoms with E-state index in [1.807, 2.05) is 0 Å². The van der Waals surface area contributed by atoms with Gasteiger partial charge in [0.2, 0.25) is 0 Å². The Kier molecular flexibility index (Phi) is 10.5. The molecule has 0 saturated carbocycles. The van der Waals surface area contributed by atoms with Crippen LogP contribution >= 0.6 is 0 Å². The van der Waals surface area contributed by atoms with E-state index in [-0.39, 0.29) is 44.2 Å². The number of H-pyrrole nitrogens is 1. The smallest absolute Gasteiger partial charge is 1.00 e. The zero-order valence-corrected chi connectivity index (χ0v) is 34.8. The minimum atomic E-state index is -0.154. The SMILES string of the molecule is Cc1ccc(C2=C3C=CC(=N3)C(c3ccc(C)cc3)=c3ccc([nH]3)=C(c3ccc(C)cc3)c3ccc([n-]3)C(c3ccc(C)cc3)c3ccc2[n-]3)cc1.[Cl-].[In+3]. The summed E-state index contributed by atoms with van der Waals surface area (Å²) in [7, 11) is 0. The number of fused-ring (bicyclic) bond motifs is 7.